The van der Waals surface area contributed by atoms with Crippen molar-refractivity contribution in [2.75, 3.05) is 13.7 Å². The molecule has 0 spiro atoms. The summed E-state index contributed by atoms with van der Waals surface area (Å²) in [5.41, 5.74) is -0.683. The Morgan fingerprint density at radius 1 is 1.56 bits per heavy atom. The van der Waals surface area contributed by atoms with E-state index in [9.17, 15) is 9.59 Å². The predicted molar refractivity (Wildman–Crippen MR) is 70.5 cm³/mol. The van der Waals surface area contributed by atoms with E-state index in [2.05, 4.69) is 9.69 Å². The third-order valence-corrected chi connectivity index (χ3v) is 4.72. The van der Waals surface area contributed by atoms with E-state index in [0.29, 0.717) is 6.54 Å². The van der Waals surface area contributed by atoms with Crippen molar-refractivity contribution in [3.05, 3.63) is 20.3 Å². The van der Waals surface area contributed by atoms with E-state index in [1.165, 1.54) is 0 Å². The lowest BCUT2D eigenvalue weighted by Gasteiger charge is -2.27. The fourth-order valence-corrected chi connectivity index (χ4v) is 3.18. The Morgan fingerprint density at radius 2 is 2.22 bits per heavy atom. The van der Waals surface area contributed by atoms with E-state index in [4.69, 9.17) is 16.3 Å². The van der Waals surface area contributed by atoms with Crippen LogP contribution >= 0.6 is 23.1 Å². The van der Waals surface area contributed by atoms with Crippen molar-refractivity contribution in [2.45, 2.75) is 31.3 Å². The van der Waals surface area contributed by atoms with E-state index in [1.807, 2.05) is 0 Å². The molecule has 0 saturated heterocycles. The average Bonchev–Trinajstić information content (AvgIpc) is 2.96. The van der Waals surface area contributed by atoms with Gasteiger partial charge in [0.2, 0.25) is 0 Å². The quantitative estimate of drug-likeness (QED) is 0.888. The first-order valence-corrected chi connectivity index (χ1v) is 6.98. The molecule has 0 aliphatic heterocycles. The Kier molecular flexibility index (Phi) is 4.09. The van der Waals surface area contributed by atoms with Gasteiger partial charge in [-0.1, -0.05) is 36.0 Å². The van der Waals surface area contributed by atoms with Crippen molar-refractivity contribution in [2.24, 2.45) is 0 Å². The van der Waals surface area contributed by atoms with Gasteiger partial charge in [0.05, 0.1) is 5.60 Å². The molecular formula is C11H15ClN2O3S. The molecule has 7 heteroatoms. The maximum atomic E-state index is 11.9. The molecule has 2 N–H and O–H groups in total. The lowest BCUT2D eigenvalue weighted by Crippen LogP contribution is -2.42. The summed E-state index contributed by atoms with van der Waals surface area (Å²) in [5, 5.41) is 2.74. The van der Waals surface area contributed by atoms with Crippen LogP contribution in [-0.2, 0) is 4.74 Å². The standard InChI is InChI=1S/C11H15ClN2O3S/c1-17-11(4-2-3-5-11)6-13-10(16)8-7(12)9(15)14-18-8/h2-6H2,1H3,(H,13,16)(H,14,15). The van der Waals surface area contributed by atoms with E-state index in [1.54, 1.807) is 7.11 Å². The smallest absolute Gasteiger partial charge is 0.277 e. The summed E-state index contributed by atoms with van der Waals surface area (Å²) in [7, 11) is 1.67. The zero-order valence-corrected chi connectivity index (χ0v) is 11.6. The van der Waals surface area contributed by atoms with Crippen molar-refractivity contribution < 1.29 is 9.53 Å². The molecule has 5 nitrogen and oxygen atoms in total. The van der Waals surface area contributed by atoms with Crippen molar-refractivity contribution in [3.63, 3.8) is 0 Å². The molecule has 18 heavy (non-hydrogen) atoms. The van der Waals surface area contributed by atoms with Gasteiger partial charge in [0.15, 0.2) is 0 Å². The van der Waals surface area contributed by atoms with Gasteiger partial charge in [-0.25, -0.2) is 0 Å². The number of aromatic amines is 1. The minimum atomic E-state index is -0.422. The van der Waals surface area contributed by atoms with Gasteiger partial charge in [-0.2, -0.15) is 0 Å². The van der Waals surface area contributed by atoms with Crippen LogP contribution in [-0.4, -0.2) is 29.5 Å². The third kappa shape index (κ3) is 2.60. The molecule has 100 valence electrons. The maximum Gasteiger partial charge on any atom is 0.277 e. The van der Waals surface area contributed by atoms with Crippen LogP contribution in [0.15, 0.2) is 4.79 Å². The van der Waals surface area contributed by atoms with Crippen LogP contribution in [0.25, 0.3) is 0 Å². The van der Waals surface area contributed by atoms with E-state index in [-0.39, 0.29) is 21.4 Å². The number of aromatic nitrogens is 1. The molecule has 0 unspecified atom stereocenters. The SMILES string of the molecule is COC1(CNC(=O)c2s[nH]c(=O)c2Cl)CCCC1. The molecule has 1 aliphatic rings. The van der Waals surface area contributed by atoms with Crippen LogP contribution in [0.2, 0.25) is 5.02 Å². The molecule has 0 bridgehead atoms. The topological polar surface area (TPSA) is 71.2 Å². The average molecular weight is 291 g/mol. The Labute approximate surface area is 114 Å². The predicted octanol–water partition coefficient (Wildman–Crippen LogP) is 1.78. The van der Waals surface area contributed by atoms with Gasteiger partial charge in [-0.3, -0.25) is 14.0 Å². The molecule has 1 aromatic heterocycles. The maximum absolute atomic E-state index is 11.9. The molecule has 1 aliphatic carbocycles. The zero-order valence-electron chi connectivity index (χ0n) is 10.0. The van der Waals surface area contributed by atoms with Crippen molar-refractivity contribution in [1.82, 2.24) is 9.69 Å². The largest absolute Gasteiger partial charge is 0.376 e. The van der Waals surface area contributed by atoms with Gasteiger partial charge < -0.3 is 10.1 Å². The van der Waals surface area contributed by atoms with Crippen LogP contribution in [0, 0.1) is 0 Å². The number of hydrogen-bond donors (Lipinski definition) is 2. The van der Waals surface area contributed by atoms with E-state index < -0.39 is 5.56 Å². The number of ether oxygens (including phenoxy) is 1. The summed E-state index contributed by atoms with van der Waals surface area (Å²) in [6.45, 7) is 0.449. The lowest BCUT2D eigenvalue weighted by molar-refractivity contribution is -0.00257. The first-order chi connectivity index (χ1) is 8.58. The van der Waals surface area contributed by atoms with Crippen molar-refractivity contribution >= 4 is 29.0 Å². The third-order valence-electron chi connectivity index (χ3n) is 3.37. The van der Waals surface area contributed by atoms with Gasteiger partial charge in [0, 0.05) is 13.7 Å². The molecule has 1 saturated carbocycles. The molecule has 0 atom stereocenters. The summed E-state index contributed by atoms with van der Waals surface area (Å²) < 4.78 is 7.94. The second-order valence-corrected chi connectivity index (χ2v) is 5.65. The number of H-pyrrole nitrogens is 1. The Balaban J connectivity index is 2.00. The van der Waals surface area contributed by atoms with Crippen LogP contribution in [0.4, 0.5) is 0 Å². The van der Waals surface area contributed by atoms with Crippen molar-refractivity contribution in [1.29, 1.82) is 0 Å². The summed E-state index contributed by atoms with van der Waals surface area (Å²) in [6, 6.07) is 0. The fourth-order valence-electron chi connectivity index (χ4n) is 2.23. The summed E-state index contributed by atoms with van der Waals surface area (Å²) in [5.74, 6) is -0.327. The number of methoxy groups -OCH3 is 1. The fraction of sp³-hybridized carbons (Fsp3) is 0.636. The van der Waals surface area contributed by atoms with Crippen LogP contribution in [0.5, 0.6) is 0 Å². The molecule has 1 aromatic rings. The minimum absolute atomic E-state index is 0.0459. The van der Waals surface area contributed by atoms with Gasteiger partial charge in [-0.15, -0.1) is 0 Å². The van der Waals surface area contributed by atoms with Crippen LogP contribution in [0.1, 0.15) is 35.4 Å². The molecule has 1 amide bonds. The number of amides is 1. The molecule has 2 rings (SSSR count). The first-order valence-electron chi connectivity index (χ1n) is 5.78. The molecule has 0 radical (unpaired) electrons. The number of halogens is 1. The lowest BCUT2D eigenvalue weighted by atomic mass is 10.0. The molecule has 1 fully saturated rings. The zero-order chi connectivity index (χ0) is 13.2. The molecule has 0 aromatic carbocycles. The number of rotatable bonds is 4. The normalized spacial score (nSPS) is 17.9. The highest BCUT2D eigenvalue weighted by molar-refractivity contribution is 7.08. The van der Waals surface area contributed by atoms with Crippen LogP contribution in [0.3, 0.4) is 0 Å². The number of nitrogens with one attached hydrogen (secondary N) is 2. The van der Waals surface area contributed by atoms with Crippen molar-refractivity contribution in [3.8, 4) is 0 Å². The van der Waals surface area contributed by atoms with E-state index >= 15 is 0 Å². The van der Waals surface area contributed by atoms with Gasteiger partial charge >= 0.3 is 0 Å². The summed E-state index contributed by atoms with van der Waals surface area (Å²) in [6.07, 6.45) is 4.12. The highest BCUT2D eigenvalue weighted by Crippen LogP contribution is 2.32. The number of carbonyl (C=O) groups is 1. The number of hydrogen-bond acceptors (Lipinski definition) is 4. The second-order valence-electron chi connectivity index (χ2n) is 4.45. The first kappa shape index (κ1) is 13.6. The molecular weight excluding hydrogens is 276 g/mol. The van der Waals surface area contributed by atoms with E-state index in [0.717, 1.165) is 37.2 Å². The Hall–Kier alpha value is -0.850. The number of carbonyl (C=O) groups excluding carboxylic acids is 1. The minimum Gasteiger partial charge on any atom is -0.376 e. The summed E-state index contributed by atoms with van der Waals surface area (Å²) >= 11 is 6.69. The highest BCUT2D eigenvalue weighted by atomic mass is 35.5. The Morgan fingerprint density at radius 3 is 2.72 bits per heavy atom. The Bertz CT molecular complexity index is 491. The molecule has 1 heterocycles. The summed E-state index contributed by atoms with van der Waals surface area (Å²) in [4.78, 5) is 23.3. The second kappa shape index (κ2) is 5.42. The monoisotopic (exact) mass is 290 g/mol. The van der Waals surface area contributed by atoms with Gasteiger partial charge in [0.1, 0.15) is 9.90 Å². The van der Waals surface area contributed by atoms with Gasteiger partial charge in [0.25, 0.3) is 11.5 Å². The highest BCUT2D eigenvalue weighted by Gasteiger charge is 2.34. The van der Waals surface area contributed by atoms with Crippen LogP contribution < -0.4 is 10.9 Å². The van der Waals surface area contributed by atoms with Gasteiger partial charge in [-0.05, 0) is 12.8 Å².